The lowest BCUT2D eigenvalue weighted by atomic mass is 10.3. The molecule has 0 fully saturated rings. The fourth-order valence-electron chi connectivity index (χ4n) is 0.573. The fourth-order valence-corrected chi connectivity index (χ4v) is 1.20. The minimum atomic E-state index is -6.55. The van der Waals surface area contributed by atoms with Crippen LogP contribution in [-0.4, -0.2) is 41.8 Å². The second-order valence-corrected chi connectivity index (χ2v) is 4.22. The molecule has 2 atom stereocenters. The maximum absolute atomic E-state index is 12.5. The molecule has 0 radical (unpaired) electrons. The van der Waals surface area contributed by atoms with Gasteiger partial charge in [-0.05, 0) is 0 Å². The zero-order valence-electron chi connectivity index (χ0n) is 9.40. The molecule has 16 heteroatoms. The van der Waals surface area contributed by atoms with Gasteiger partial charge in [-0.25, -0.2) is 8.78 Å². The maximum atomic E-state index is 12.5. The van der Waals surface area contributed by atoms with Gasteiger partial charge in [0.1, 0.15) is 0 Å². The van der Waals surface area contributed by atoms with Crippen molar-refractivity contribution in [2.45, 2.75) is 36.9 Å². The molecule has 0 spiro atoms. The van der Waals surface area contributed by atoms with E-state index in [-0.39, 0.29) is 0 Å². The average molecular weight is 382 g/mol. The highest BCUT2D eigenvalue weighted by Crippen LogP contribution is 2.49. The normalized spacial score (nSPS) is 19.0. The summed E-state index contributed by atoms with van der Waals surface area (Å²) < 4.78 is 149. The van der Waals surface area contributed by atoms with E-state index < -0.39 is 45.5 Å². The van der Waals surface area contributed by atoms with Crippen LogP contribution in [0.4, 0.5) is 52.7 Å². The molecule has 0 aliphatic heterocycles. The van der Waals surface area contributed by atoms with Crippen molar-refractivity contribution >= 4 is 8.60 Å². The van der Waals surface area contributed by atoms with Gasteiger partial charge in [0.25, 0.3) is 12.7 Å². The topological polar surface area (TPSA) is 38.7 Å². The van der Waals surface area contributed by atoms with E-state index in [9.17, 15) is 52.7 Å². The SMILES string of the molecule is OP(OC(F)C(F)(F)C(F)(F)F)OC(F)C(F)(F)C(F)(F)F. The van der Waals surface area contributed by atoms with Gasteiger partial charge in [-0.3, -0.25) is 9.05 Å². The van der Waals surface area contributed by atoms with Crippen LogP contribution in [0.25, 0.3) is 0 Å². The summed E-state index contributed by atoms with van der Waals surface area (Å²) in [7, 11) is -4.59. The molecule has 0 rings (SSSR count). The predicted molar refractivity (Wildman–Crippen MR) is 43.1 cm³/mol. The molecule has 1 N–H and O–H groups in total. The fraction of sp³-hybridized carbons (Fsp3) is 1.00. The first-order valence-corrected chi connectivity index (χ1v) is 5.57. The summed E-state index contributed by atoms with van der Waals surface area (Å²) in [6, 6.07) is 0. The van der Waals surface area contributed by atoms with Crippen LogP contribution < -0.4 is 0 Å². The quantitative estimate of drug-likeness (QED) is 0.552. The van der Waals surface area contributed by atoms with Crippen LogP contribution in [-0.2, 0) is 9.05 Å². The standard InChI is InChI=1S/C6H3F12O3P/c7-1(3(9,10)5(13,14)15)20-22(19)21-2(8)4(11,12)6(16,17)18/h1-2,19H. The molecule has 0 aromatic carbocycles. The third kappa shape index (κ3) is 4.73. The first-order valence-electron chi connectivity index (χ1n) is 4.44. The molecular formula is C6H3F12O3P. The Balaban J connectivity index is 4.81. The number of hydrogen-bond acceptors (Lipinski definition) is 3. The van der Waals surface area contributed by atoms with E-state index in [0.29, 0.717) is 0 Å². The summed E-state index contributed by atoms with van der Waals surface area (Å²) in [4.78, 5) is 8.39. The minimum absolute atomic E-state index is 2.74. The van der Waals surface area contributed by atoms with Crippen LogP contribution in [0.2, 0.25) is 0 Å². The summed E-state index contributed by atoms with van der Waals surface area (Å²) in [5, 5.41) is 0. The maximum Gasteiger partial charge on any atom is 0.459 e. The Morgan fingerprint density at radius 3 is 1.05 bits per heavy atom. The molecule has 0 saturated heterocycles. The first kappa shape index (κ1) is 21.5. The van der Waals surface area contributed by atoms with Crippen molar-refractivity contribution in [1.82, 2.24) is 0 Å². The van der Waals surface area contributed by atoms with Crippen molar-refractivity contribution in [2.75, 3.05) is 0 Å². The monoisotopic (exact) mass is 382 g/mol. The van der Waals surface area contributed by atoms with Gasteiger partial charge in [-0.1, -0.05) is 0 Å². The predicted octanol–water partition coefficient (Wildman–Crippen LogP) is 4.23. The molecule has 0 bridgehead atoms. The number of rotatable bonds is 6. The number of halogens is 12. The Hall–Kier alpha value is -0.530. The Labute approximate surface area is 113 Å². The van der Waals surface area contributed by atoms with E-state index in [1.54, 1.807) is 0 Å². The Morgan fingerprint density at radius 2 is 0.864 bits per heavy atom. The van der Waals surface area contributed by atoms with Crippen molar-refractivity contribution in [1.29, 1.82) is 0 Å². The second kappa shape index (κ2) is 6.53. The Kier molecular flexibility index (Phi) is 6.37. The van der Waals surface area contributed by atoms with Crippen LogP contribution in [0.1, 0.15) is 0 Å². The molecule has 0 heterocycles. The van der Waals surface area contributed by atoms with Gasteiger partial charge in [-0.2, -0.15) is 43.9 Å². The van der Waals surface area contributed by atoms with Crippen LogP contribution in [0.15, 0.2) is 0 Å². The second-order valence-electron chi connectivity index (χ2n) is 3.32. The summed E-state index contributed by atoms with van der Waals surface area (Å²) >= 11 is 0. The highest BCUT2D eigenvalue weighted by molar-refractivity contribution is 7.40. The minimum Gasteiger partial charge on any atom is -0.328 e. The van der Waals surface area contributed by atoms with Crippen molar-refractivity contribution in [3.8, 4) is 0 Å². The Morgan fingerprint density at radius 1 is 0.636 bits per heavy atom. The summed E-state index contributed by atoms with van der Waals surface area (Å²) in [5.74, 6) is -12.5. The van der Waals surface area contributed by atoms with Gasteiger partial charge < -0.3 is 4.89 Å². The molecule has 2 unspecified atom stereocenters. The van der Waals surface area contributed by atoms with Crippen LogP contribution >= 0.6 is 8.60 Å². The van der Waals surface area contributed by atoms with Crippen LogP contribution in [0, 0.1) is 0 Å². The number of hydrogen-bond donors (Lipinski definition) is 1. The first-order chi connectivity index (χ1) is 9.44. The van der Waals surface area contributed by atoms with E-state index in [4.69, 9.17) is 4.89 Å². The van der Waals surface area contributed by atoms with E-state index in [1.165, 1.54) is 0 Å². The molecule has 22 heavy (non-hydrogen) atoms. The van der Waals surface area contributed by atoms with E-state index in [2.05, 4.69) is 9.05 Å². The molecule has 0 aromatic heterocycles. The average Bonchev–Trinajstić information content (AvgIpc) is 2.25. The van der Waals surface area contributed by atoms with Gasteiger partial charge in [0.2, 0.25) is 0 Å². The molecule has 3 nitrogen and oxygen atoms in total. The summed E-state index contributed by atoms with van der Waals surface area (Å²) in [6.07, 6.45) is -22.6. The third-order valence-corrected chi connectivity index (χ3v) is 2.42. The lowest BCUT2D eigenvalue weighted by Gasteiger charge is -2.26. The third-order valence-electron chi connectivity index (χ3n) is 1.69. The zero-order valence-corrected chi connectivity index (χ0v) is 10.3. The smallest absolute Gasteiger partial charge is 0.328 e. The van der Waals surface area contributed by atoms with E-state index in [1.807, 2.05) is 0 Å². The van der Waals surface area contributed by atoms with Crippen LogP contribution in [0.3, 0.4) is 0 Å². The molecule has 0 amide bonds. The molecule has 0 aliphatic carbocycles. The lowest BCUT2D eigenvalue weighted by molar-refractivity contribution is -0.336. The molecule has 134 valence electrons. The van der Waals surface area contributed by atoms with Crippen molar-refractivity contribution in [2.24, 2.45) is 0 Å². The van der Waals surface area contributed by atoms with Gasteiger partial charge in [0.05, 0.1) is 0 Å². The molecule has 0 aliphatic rings. The highest BCUT2D eigenvalue weighted by atomic mass is 31.2. The van der Waals surface area contributed by atoms with Gasteiger partial charge in [0, 0.05) is 0 Å². The van der Waals surface area contributed by atoms with Gasteiger partial charge >= 0.3 is 32.8 Å². The highest BCUT2D eigenvalue weighted by Gasteiger charge is 2.67. The van der Waals surface area contributed by atoms with Crippen molar-refractivity contribution in [3.05, 3.63) is 0 Å². The largest absolute Gasteiger partial charge is 0.459 e. The molecule has 0 saturated carbocycles. The summed E-state index contributed by atoms with van der Waals surface area (Å²) in [6.45, 7) is 0. The van der Waals surface area contributed by atoms with E-state index in [0.717, 1.165) is 0 Å². The molecular weight excluding hydrogens is 379 g/mol. The van der Waals surface area contributed by atoms with Crippen molar-refractivity contribution < 1.29 is 66.6 Å². The van der Waals surface area contributed by atoms with Crippen molar-refractivity contribution in [3.63, 3.8) is 0 Å². The zero-order chi connectivity index (χ0) is 18.1. The number of alkyl halides is 12. The Bertz CT molecular complexity index is 333. The van der Waals surface area contributed by atoms with Gasteiger partial charge in [-0.15, -0.1) is 0 Å². The van der Waals surface area contributed by atoms with Crippen LogP contribution in [0.5, 0.6) is 0 Å². The lowest BCUT2D eigenvalue weighted by Crippen LogP contribution is -2.47. The van der Waals surface area contributed by atoms with Gasteiger partial charge in [0.15, 0.2) is 0 Å². The molecule has 0 aromatic rings. The van der Waals surface area contributed by atoms with E-state index >= 15 is 0 Å². The summed E-state index contributed by atoms with van der Waals surface area (Å²) in [5.41, 5.74) is 0.